The summed E-state index contributed by atoms with van der Waals surface area (Å²) in [5, 5.41) is 11.9. The second kappa shape index (κ2) is 7.87. The van der Waals surface area contributed by atoms with Gasteiger partial charge in [0, 0.05) is 5.56 Å². The van der Waals surface area contributed by atoms with Gasteiger partial charge in [-0.3, -0.25) is 9.59 Å². The molecule has 3 rings (SSSR count). The van der Waals surface area contributed by atoms with E-state index >= 15 is 0 Å². The lowest BCUT2D eigenvalue weighted by Crippen LogP contribution is -2.30. The number of benzene rings is 1. The van der Waals surface area contributed by atoms with E-state index in [9.17, 15) is 14.0 Å². The number of rotatable bonds is 6. The van der Waals surface area contributed by atoms with Crippen molar-refractivity contribution in [2.24, 2.45) is 0 Å². The predicted octanol–water partition coefficient (Wildman–Crippen LogP) is 2.97. The lowest BCUT2D eigenvalue weighted by atomic mass is 10.2. The first-order chi connectivity index (χ1) is 12.5. The Morgan fingerprint density at radius 1 is 1.27 bits per heavy atom. The van der Waals surface area contributed by atoms with Gasteiger partial charge in [0.25, 0.3) is 11.8 Å². The minimum atomic E-state index is -0.789. The first-order valence-corrected chi connectivity index (χ1v) is 8.51. The molecule has 0 aliphatic carbocycles. The number of carbonyl (C=O) groups excluding carboxylic acids is 2. The van der Waals surface area contributed by atoms with Gasteiger partial charge in [0.05, 0.1) is 4.88 Å². The number of halogens is 1. The Bertz CT molecular complexity index is 893. The van der Waals surface area contributed by atoms with E-state index in [-0.39, 0.29) is 30.1 Å². The largest absolute Gasteiger partial charge is 0.451 e. The molecule has 1 N–H and O–H groups in total. The highest BCUT2D eigenvalue weighted by atomic mass is 32.1. The number of hydrogen-bond donors (Lipinski definition) is 1. The van der Waals surface area contributed by atoms with E-state index in [0.29, 0.717) is 10.4 Å². The molecule has 0 saturated heterocycles. The van der Waals surface area contributed by atoms with E-state index in [0.717, 1.165) is 0 Å². The molecule has 134 valence electrons. The molecule has 0 bridgehead atoms. The van der Waals surface area contributed by atoms with Crippen molar-refractivity contribution < 1.29 is 23.1 Å². The fourth-order valence-electron chi connectivity index (χ4n) is 2.04. The van der Waals surface area contributed by atoms with Gasteiger partial charge in [0.15, 0.2) is 6.10 Å². The monoisotopic (exact) mass is 375 g/mol. The molecule has 0 fully saturated rings. The number of amides is 1. The predicted molar refractivity (Wildman–Crippen MR) is 90.9 cm³/mol. The van der Waals surface area contributed by atoms with Gasteiger partial charge < -0.3 is 14.5 Å². The van der Waals surface area contributed by atoms with Crippen molar-refractivity contribution in [2.45, 2.75) is 13.0 Å². The highest BCUT2D eigenvalue weighted by Crippen LogP contribution is 2.22. The maximum atomic E-state index is 12.9. The number of hydrogen-bond acceptors (Lipinski definition) is 7. The number of carbonyl (C=O) groups is 2. The zero-order chi connectivity index (χ0) is 18.5. The topological polar surface area (TPSA) is 94.3 Å². The zero-order valence-corrected chi connectivity index (χ0v) is 14.5. The zero-order valence-electron chi connectivity index (χ0n) is 13.6. The summed E-state index contributed by atoms with van der Waals surface area (Å²) in [5.41, 5.74) is 0.548. The molecular weight excluding hydrogens is 361 g/mol. The number of nitrogens with one attached hydrogen (secondary N) is 1. The Hall–Kier alpha value is -3.07. The van der Waals surface area contributed by atoms with E-state index < -0.39 is 12.1 Å². The maximum absolute atomic E-state index is 12.9. The molecule has 0 spiro atoms. The van der Waals surface area contributed by atoms with Crippen LogP contribution >= 0.6 is 11.3 Å². The number of ether oxygens (including phenoxy) is 1. The maximum Gasteiger partial charge on any atom is 0.326 e. The highest BCUT2D eigenvalue weighted by Gasteiger charge is 2.19. The summed E-state index contributed by atoms with van der Waals surface area (Å²) < 4.78 is 23.6. The quantitative estimate of drug-likeness (QED) is 0.666. The lowest BCUT2D eigenvalue weighted by molar-refractivity contribution is -0.148. The average Bonchev–Trinajstić information content (AvgIpc) is 3.32. The SMILES string of the molecule is C[C@H](OC(=O)CNC(=O)c1cccs1)c1nnc(-c2ccc(F)cc2)o1. The first kappa shape index (κ1) is 17.7. The van der Waals surface area contributed by atoms with Gasteiger partial charge in [-0.1, -0.05) is 6.07 Å². The average molecular weight is 375 g/mol. The summed E-state index contributed by atoms with van der Waals surface area (Å²) in [7, 11) is 0. The fourth-order valence-corrected chi connectivity index (χ4v) is 2.68. The fraction of sp³-hybridized carbons (Fsp3) is 0.176. The van der Waals surface area contributed by atoms with Crippen LogP contribution in [0.5, 0.6) is 0 Å². The Kier molecular flexibility index (Phi) is 5.37. The molecule has 2 aromatic heterocycles. The van der Waals surface area contributed by atoms with Crippen LogP contribution in [0.25, 0.3) is 11.5 Å². The normalized spacial score (nSPS) is 11.8. The molecule has 0 aliphatic rings. The van der Waals surface area contributed by atoms with E-state index in [2.05, 4.69) is 15.5 Å². The summed E-state index contributed by atoms with van der Waals surface area (Å²) >= 11 is 1.27. The highest BCUT2D eigenvalue weighted by molar-refractivity contribution is 7.12. The van der Waals surface area contributed by atoms with Crippen molar-refractivity contribution in [2.75, 3.05) is 6.54 Å². The molecule has 2 heterocycles. The van der Waals surface area contributed by atoms with Crippen molar-refractivity contribution in [1.82, 2.24) is 15.5 Å². The molecule has 1 amide bonds. The molecule has 26 heavy (non-hydrogen) atoms. The first-order valence-electron chi connectivity index (χ1n) is 7.63. The second-order valence-electron chi connectivity index (χ2n) is 5.24. The van der Waals surface area contributed by atoms with Gasteiger partial charge in [-0.15, -0.1) is 21.5 Å². The van der Waals surface area contributed by atoms with Crippen molar-refractivity contribution in [3.8, 4) is 11.5 Å². The number of thiophene rings is 1. The minimum absolute atomic E-state index is 0.0993. The van der Waals surface area contributed by atoms with Crippen LogP contribution in [0.1, 0.15) is 28.6 Å². The van der Waals surface area contributed by atoms with Crippen LogP contribution in [0.4, 0.5) is 4.39 Å². The summed E-state index contributed by atoms with van der Waals surface area (Å²) in [5.74, 6) is -1.07. The van der Waals surface area contributed by atoms with Crippen LogP contribution < -0.4 is 5.32 Å². The van der Waals surface area contributed by atoms with Gasteiger partial charge in [-0.05, 0) is 42.6 Å². The van der Waals surface area contributed by atoms with Crippen LogP contribution in [0, 0.1) is 5.82 Å². The summed E-state index contributed by atoms with van der Waals surface area (Å²) in [6, 6.07) is 8.96. The van der Waals surface area contributed by atoms with Crippen molar-refractivity contribution in [1.29, 1.82) is 0 Å². The Balaban J connectivity index is 1.54. The second-order valence-corrected chi connectivity index (χ2v) is 6.19. The van der Waals surface area contributed by atoms with E-state index in [1.54, 1.807) is 24.4 Å². The van der Waals surface area contributed by atoms with Crippen molar-refractivity contribution in [3.05, 3.63) is 58.4 Å². The Morgan fingerprint density at radius 3 is 2.73 bits per heavy atom. The van der Waals surface area contributed by atoms with Crippen molar-refractivity contribution >= 4 is 23.2 Å². The number of nitrogens with zero attached hydrogens (tertiary/aromatic N) is 2. The third-order valence-electron chi connectivity index (χ3n) is 3.33. The molecule has 1 aromatic carbocycles. The molecule has 0 unspecified atom stereocenters. The number of esters is 1. The minimum Gasteiger partial charge on any atom is -0.451 e. The third kappa shape index (κ3) is 4.31. The van der Waals surface area contributed by atoms with Gasteiger partial charge in [-0.25, -0.2) is 4.39 Å². The standard InChI is InChI=1S/C17H14FN3O4S/c1-10(24-14(22)9-19-15(23)13-3-2-8-26-13)16-20-21-17(25-16)11-4-6-12(18)7-5-11/h2-8,10H,9H2,1H3,(H,19,23)/t10-/m0/s1. The molecular formula is C17H14FN3O4S. The molecule has 7 nitrogen and oxygen atoms in total. The van der Waals surface area contributed by atoms with Crippen LogP contribution in [0.2, 0.25) is 0 Å². The van der Waals surface area contributed by atoms with Crippen LogP contribution in [0.15, 0.2) is 46.2 Å². The van der Waals surface area contributed by atoms with E-state index in [1.807, 2.05) is 0 Å². The van der Waals surface area contributed by atoms with Crippen LogP contribution in [-0.4, -0.2) is 28.6 Å². The van der Waals surface area contributed by atoms with Gasteiger partial charge in [0.1, 0.15) is 12.4 Å². The summed E-state index contributed by atoms with van der Waals surface area (Å²) in [6.45, 7) is 1.29. The Labute approximate surface area is 151 Å². The Morgan fingerprint density at radius 2 is 2.04 bits per heavy atom. The number of aromatic nitrogens is 2. The van der Waals surface area contributed by atoms with E-state index in [1.165, 1.54) is 35.6 Å². The van der Waals surface area contributed by atoms with Crippen molar-refractivity contribution in [3.63, 3.8) is 0 Å². The molecule has 0 aliphatic heterocycles. The van der Waals surface area contributed by atoms with E-state index in [4.69, 9.17) is 9.15 Å². The van der Waals surface area contributed by atoms with Gasteiger partial charge >= 0.3 is 5.97 Å². The molecule has 1 atom stereocenters. The summed E-state index contributed by atoms with van der Waals surface area (Å²) in [6.07, 6.45) is -0.789. The van der Waals surface area contributed by atoms with Crippen LogP contribution in [-0.2, 0) is 9.53 Å². The van der Waals surface area contributed by atoms with Gasteiger partial charge in [0.2, 0.25) is 5.89 Å². The lowest BCUT2D eigenvalue weighted by Gasteiger charge is -2.09. The summed E-state index contributed by atoms with van der Waals surface area (Å²) in [4.78, 5) is 24.1. The third-order valence-corrected chi connectivity index (χ3v) is 4.19. The molecule has 0 radical (unpaired) electrons. The van der Waals surface area contributed by atoms with Gasteiger partial charge in [-0.2, -0.15) is 0 Å². The smallest absolute Gasteiger partial charge is 0.326 e. The molecule has 9 heteroatoms. The molecule has 3 aromatic rings. The molecule has 0 saturated carbocycles. The van der Waals surface area contributed by atoms with Crippen LogP contribution in [0.3, 0.4) is 0 Å².